The first-order valence-electron chi connectivity index (χ1n) is 5.62. The molecule has 2 rings (SSSR count). The van der Waals surface area contributed by atoms with Crippen molar-refractivity contribution in [2.24, 2.45) is 5.73 Å². The Balaban J connectivity index is 2.10. The second-order valence-electron chi connectivity index (χ2n) is 4.31. The van der Waals surface area contributed by atoms with Gasteiger partial charge in [-0.2, -0.15) is 0 Å². The minimum absolute atomic E-state index is 0.0644. The lowest BCUT2D eigenvalue weighted by Crippen LogP contribution is -2.47. The van der Waals surface area contributed by atoms with Crippen LogP contribution in [0.1, 0.15) is 24.0 Å². The zero-order chi connectivity index (χ0) is 11.5. The number of carbonyl (C=O) groups is 1. The molecule has 1 aliphatic rings. The summed E-state index contributed by atoms with van der Waals surface area (Å²) in [5, 5.41) is 0. The molecule has 4 nitrogen and oxygen atoms in total. The van der Waals surface area contributed by atoms with E-state index in [1.807, 2.05) is 24.1 Å². The fourth-order valence-corrected chi connectivity index (χ4v) is 2.00. The Labute approximate surface area is 95.5 Å². The number of pyridine rings is 1. The number of aryl methyl sites for hydroxylation is 1. The van der Waals surface area contributed by atoms with E-state index in [1.165, 1.54) is 5.56 Å². The summed E-state index contributed by atoms with van der Waals surface area (Å²) in [6.45, 7) is 3.47. The molecule has 1 aromatic heterocycles. The maximum absolute atomic E-state index is 11.8. The minimum atomic E-state index is -0.314. The molecule has 1 unspecified atom stereocenters. The van der Waals surface area contributed by atoms with E-state index in [1.54, 1.807) is 6.20 Å². The Morgan fingerprint density at radius 1 is 1.62 bits per heavy atom. The Morgan fingerprint density at radius 2 is 2.44 bits per heavy atom. The van der Waals surface area contributed by atoms with Gasteiger partial charge in [-0.15, -0.1) is 0 Å². The van der Waals surface area contributed by atoms with E-state index in [0.717, 1.165) is 24.9 Å². The highest BCUT2D eigenvalue weighted by molar-refractivity contribution is 5.82. The predicted octanol–water partition coefficient (Wildman–Crippen LogP) is 0.840. The van der Waals surface area contributed by atoms with Crippen LogP contribution >= 0.6 is 0 Å². The Hall–Kier alpha value is -1.42. The number of nitrogens with two attached hydrogens (primary N) is 1. The summed E-state index contributed by atoms with van der Waals surface area (Å²) >= 11 is 0. The van der Waals surface area contributed by atoms with E-state index in [-0.39, 0.29) is 11.9 Å². The molecule has 2 N–H and O–H groups in total. The highest BCUT2D eigenvalue weighted by Gasteiger charge is 2.25. The summed E-state index contributed by atoms with van der Waals surface area (Å²) < 4.78 is 0. The second kappa shape index (κ2) is 4.61. The Kier molecular flexibility index (Phi) is 3.19. The molecular formula is C12H17N3O. The summed E-state index contributed by atoms with van der Waals surface area (Å²) in [5.74, 6) is 0.0644. The van der Waals surface area contributed by atoms with Crippen molar-refractivity contribution in [1.82, 2.24) is 9.88 Å². The quantitative estimate of drug-likeness (QED) is 0.801. The van der Waals surface area contributed by atoms with Crippen LogP contribution in [0.25, 0.3) is 0 Å². The van der Waals surface area contributed by atoms with Crippen LogP contribution in [-0.2, 0) is 11.3 Å². The molecule has 0 bridgehead atoms. The van der Waals surface area contributed by atoms with Crippen molar-refractivity contribution in [1.29, 1.82) is 0 Å². The molecule has 1 atom stereocenters. The molecule has 1 aliphatic heterocycles. The standard InChI is InChI=1S/C12H17N3O/c1-9-4-5-14-7-10(9)8-15-6-2-3-11(13)12(15)16/h4-5,7,11H,2-3,6,8,13H2,1H3. The maximum Gasteiger partial charge on any atom is 0.239 e. The molecule has 1 aromatic rings. The van der Waals surface area contributed by atoms with E-state index in [0.29, 0.717) is 6.54 Å². The Bertz CT molecular complexity index is 392. The van der Waals surface area contributed by atoms with Gasteiger partial charge >= 0.3 is 0 Å². The van der Waals surface area contributed by atoms with E-state index in [2.05, 4.69) is 4.98 Å². The monoisotopic (exact) mass is 219 g/mol. The van der Waals surface area contributed by atoms with E-state index in [9.17, 15) is 4.79 Å². The van der Waals surface area contributed by atoms with Gasteiger partial charge in [0.1, 0.15) is 0 Å². The maximum atomic E-state index is 11.8. The third-order valence-electron chi connectivity index (χ3n) is 3.08. The average Bonchev–Trinajstić information content (AvgIpc) is 2.28. The number of nitrogens with zero attached hydrogens (tertiary/aromatic N) is 2. The van der Waals surface area contributed by atoms with Crippen LogP contribution in [0.4, 0.5) is 0 Å². The highest BCUT2D eigenvalue weighted by Crippen LogP contribution is 2.15. The van der Waals surface area contributed by atoms with E-state index >= 15 is 0 Å². The fourth-order valence-electron chi connectivity index (χ4n) is 2.00. The van der Waals surface area contributed by atoms with Crippen LogP contribution in [0.15, 0.2) is 18.5 Å². The van der Waals surface area contributed by atoms with Gasteiger partial charge < -0.3 is 10.6 Å². The van der Waals surface area contributed by atoms with Gasteiger partial charge in [0, 0.05) is 25.5 Å². The largest absolute Gasteiger partial charge is 0.337 e. The van der Waals surface area contributed by atoms with Gasteiger partial charge in [0.15, 0.2) is 0 Å². The molecule has 4 heteroatoms. The van der Waals surface area contributed by atoms with Gasteiger partial charge in [0.25, 0.3) is 0 Å². The first kappa shape index (κ1) is 11.1. The molecule has 0 radical (unpaired) electrons. The number of likely N-dealkylation sites (tertiary alicyclic amines) is 1. The van der Waals surface area contributed by atoms with Gasteiger partial charge in [0.2, 0.25) is 5.91 Å². The summed E-state index contributed by atoms with van der Waals surface area (Å²) in [4.78, 5) is 17.7. The van der Waals surface area contributed by atoms with Crippen molar-refractivity contribution in [2.45, 2.75) is 32.4 Å². The van der Waals surface area contributed by atoms with Gasteiger partial charge in [-0.1, -0.05) is 0 Å². The predicted molar refractivity (Wildman–Crippen MR) is 61.6 cm³/mol. The molecule has 0 aromatic carbocycles. The molecule has 16 heavy (non-hydrogen) atoms. The molecule has 0 saturated carbocycles. The van der Waals surface area contributed by atoms with Crippen molar-refractivity contribution in [3.05, 3.63) is 29.6 Å². The molecule has 86 valence electrons. The number of hydrogen-bond acceptors (Lipinski definition) is 3. The lowest BCUT2D eigenvalue weighted by Gasteiger charge is -2.30. The van der Waals surface area contributed by atoms with Gasteiger partial charge in [-0.3, -0.25) is 9.78 Å². The summed E-state index contributed by atoms with van der Waals surface area (Å²) in [7, 11) is 0. The van der Waals surface area contributed by atoms with Crippen LogP contribution in [-0.4, -0.2) is 28.4 Å². The number of amides is 1. The third kappa shape index (κ3) is 2.22. The zero-order valence-corrected chi connectivity index (χ0v) is 9.52. The zero-order valence-electron chi connectivity index (χ0n) is 9.52. The van der Waals surface area contributed by atoms with E-state index < -0.39 is 0 Å². The molecule has 0 aliphatic carbocycles. The number of carbonyl (C=O) groups excluding carboxylic acids is 1. The summed E-state index contributed by atoms with van der Waals surface area (Å²) in [5.41, 5.74) is 8.02. The number of aromatic nitrogens is 1. The smallest absolute Gasteiger partial charge is 0.239 e. The van der Waals surface area contributed by atoms with Gasteiger partial charge in [0.05, 0.1) is 6.04 Å². The molecule has 1 amide bonds. The van der Waals surface area contributed by atoms with Crippen molar-refractivity contribution in [3.8, 4) is 0 Å². The average molecular weight is 219 g/mol. The molecular weight excluding hydrogens is 202 g/mol. The lowest BCUT2D eigenvalue weighted by molar-refractivity contribution is -0.135. The SMILES string of the molecule is Cc1ccncc1CN1CCCC(N)C1=O. The second-order valence-corrected chi connectivity index (χ2v) is 4.31. The topological polar surface area (TPSA) is 59.2 Å². The van der Waals surface area contributed by atoms with Gasteiger partial charge in [-0.05, 0) is 37.0 Å². The van der Waals surface area contributed by atoms with Crippen LogP contribution in [0, 0.1) is 6.92 Å². The normalized spacial score (nSPS) is 21.2. The summed E-state index contributed by atoms with van der Waals surface area (Å²) in [6, 6.07) is 1.65. The van der Waals surface area contributed by atoms with Crippen molar-refractivity contribution in [3.63, 3.8) is 0 Å². The molecule has 0 spiro atoms. The Morgan fingerprint density at radius 3 is 3.19 bits per heavy atom. The van der Waals surface area contributed by atoms with Crippen molar-refractivity contribution in [2.75, 3.05) is 6.54 Å². The van der Waals surface area contributed by atoms with Crippen molar-refractivity contribution < 1.29 is 4.79 Å². The van der Waals surface area contributed by atoms with Gasteiger partial charge in [-0.25, -0.2) is 0 Å². The minimum Gasteiger partial charge on any atom is -0.337 e. The van der Waals surface area contributed by atoms with Crippen molar-refractivity contribution >= 4 is 5.91 Å². The number of hydrogen-bond donors (Lipinski definition) is 1. The fraction of sp³-hybridized carbons (Fsp3) is 0.500. The number of rotatable bonds is 2. The van der Waals surface area contributed by atoms with Crippen LogP contribution in [0.3, 0.4) is 0 Å². The molecule has 1 fully saturated rings. The first-order chi connectivity index (χ1) is 7.68. The van der Waals surface area contributed by atoms with Crippen LogP contribution in [0.2, 0.25) is 0 Å². The van der Waals surface area contributed by atoms with Crippen LogP contribution < -0.4 is 5.73 Å². The number of piperidine rings is 1. The molecule has 1 saturated heterocycles. The van der Waals surface area contributed by atoms with Crippen LogP contribution in [0.5, 0.6) is 0 Å². The first-order valence-corrected chi connectivity index (χ1v) is 5.62. The highest BCUT2D eigenvalue weighted by atomic mass is 16.2. The molecule has 2 heterocycles. The summed E-state index contributed by atoms with van der Waals surface area (Å²) in [6.07, 6.45) is 5.39. The lowest BCUT2D eigenvalue weighted by atomic mass is 10.0. The van der Waals surface area contributed by atoms with E-state index in [4.69, 9.17) is 5.73 Å². The third-order valence-corrected chi connectivity index (χ3v) is 3.08.